The van der Waals surface area contributed by atoms with Crippen molar-refractivity contribution in [2.45, 2.75) is 65.2 Å². The third-order valence-corrected chi connectivity index (χ3v) is 6.85. The quantitative estimate of drug-likeness (QED) is 0.319. The maximum atomic E-state index is 13.5. The maximum absolute atomic E-state index is 13.5. The molecule has 0 saturated carbocycles. The second-order valence-electron chi connectivity index (χ2n) is 11.5. The summed E-state index contributed by atoms with van der Waals surface area (Å²) in [6, 6.07) is 19.2. The molecule has 0 aromatic heterocycles. The SMILES string of the molecule is CC(C)(C)Cc1ccc2c(c1)[C@@H](NCC(O)CCc1cc(F)cc(F)c1)CCN2C(=O)OCc1ccccc1. The van der Waals surface area contributed by atoms with Gasteiger partial charge in [-0.05, 0) is 71.6 Å². The van der Waals surface area contributed by atoms with Crippen molar-refractivity contribution in [3.8, 4) is 0 Å². The Morgan fingerprint density at radius 2 is 1.74 bits per heavy atom. The van der Waals surface area contributed by atoms with Gasteiger partial charge in [-0.1, -0.05) is 63.2 Å². The molecule has 2 atom stereocenters. The van der Waals surface area contributed by atoms with Crippen LogP contribution >= 0.6 is 0 Å². The lowest BCUT2D eigenvalue weighted by Crippen LogP contribution is -2.41. The average molecular weight is 537 g/mol. The molecule has 0 spiro atoms. The van der Waals surface area contributed by atoms with Gasteiger partial charge in [-0.3, -0.25) is 4.90 Å². The summed E-state index contributed by atoms with van der Waals surface area (Å²) in [5.74, 6) is -1.23. The van der Waals surface area contributed by atoms with E-state index in [-0.39, 0.29) is 24.2 Å². The Balaban J connectivity index is 1.44. The molecule has 4 rings (SSSR count). The Morgan fingerprint density at radius 1 is 1.03 bits per heavy atom. The Kier molecular flexibility index (Phi) is 9.36. The van der Waals surface area contributed by atoms with Crippen LogP contribution in [0.15, 0.2) is 66.7 Å². The van der Waals surface area contributed by atoms with Crippen LogP contribution in [0.25, 0.3) is 0 Å². The van der Waals surface area contributed by atoms with Gasteiger partial charge in [0.15, 0.2) is 0 Å². The third kappa shape index (κ3) is 8.35. The van der Waals surface area contributed by atoms with E-state index in [4.69, 9.17) is 4.74 Å². The molecule has 0 bridgehead atoms. The standard InChI is InChI=1S/C32H38F2N2O3/c1-32(2,3)19-24-10-12-30-28(17-24)29(13-14-36(30)31(38)39-21-22-7-5-4-6-8-22)35-20-27(37)11-9-23-15-25(33)18-26(34)16-23/h4-8,10,12,15-18,27,29,35,37H,9,11,13-14,19-21H2,1-3H3/t27?,29-/m0/s1. The first-order chi connectivity index (χ1) is 18.6. The molecule has 1 heterocycles. The van der Waals surface area contributed by atoms with Gasteiger partial charge in [-0.15, -0.1) is 0 Å². The first-order valence-corrected chi connectivity index (χ1v) is 13.5. The van der Waals surface area contributed by atoms with Gasteiger partial charge in [0.2, 0.25) is 0 Å². The maximum Gasteiger partial charge on any atom is 0.414 e. The van der Waals surface area contributed by atoms with Crippen LogP contribution < -0.4 is 10.2 Å². The minimum Gasteiger partial charge on any atom is -0.444 e. The van der Waals surface area contributed by atoms with E-state index >= 15 is 0 Å². The third-order valence-electron chi connectivity index (χ3n) is 6.85. The van der Waals surface area contributed by atoms with Crippen molar-refractivity contribution < 1.29 is 23.4 Å². The lowest BCUT2D eigenvalue weighted by Gasteiger charge is -2.35. The number of aliphatic hydroxyl groups is 1. The van der Waals surface area contributed by atoms with Crippen molar-refractivity contribution in [3.05, 3.63) is 101 Å². The monoisotopic (exact) mass is 536 g/mol. The molecule has 0 fully saturated rings. The Labute approximate surface area is 229 Å². The van der Waals surface area contributed by atoms with E-state index < -0.39 is 17.7 Å². The summed E-state index contributed by atoms with van der Waals surface area (Å²) >= 11 is 0. The van der Waals surface area contributed by atoms with Crippen LogP contribution in [0.2, 0.25) is 0 Å². The molecule has 1 aliphatic rings. The topological polar surface area (TPSA) is 61.8 Å². The lowest BCUT2D eigenvalue weighted by molar-refractivity contribution is 0.144. The van der Waals surface area contributed by atoms with E-state index in [0.717, 1.165) is 29.3 Å². The van der Waals surface area contributed by atoms with Gasteiger partial charge >= 0.3 is 6.09 Å². The zero-order valence-corrected chi connectivity index (χ0v) is 22.9. The molecule has 7 heteroatoms. The zero-order chi connectivity index (χ0) is 28.0. The fourth-order valence-electron chi connectivity index (χ4n) is 5.05. The molecule has 1 aliphatic heterocycles. The van der Waals surface area contributed by atoms with Crippen LogP contribution in [0.1, 0.15) is 61.9 Å². The minimum atomic E-state index is -0.689. The summed E-state index contributed by atoms with van der Waals surface area (Å²) in [7, 11) is 0. The van der Waals surface area contributed by atoms with Crippen LogP contribution in [0.5, 0.6) is 0 Å². The van der Waals surface area contributed by atoms with Crippen LogP contribution in [0, 0.1) is 17.0 Å². The second kappa shape index (κ2) is 12.7. The van der Waals surface area contributed by atoms with Crippen molar-refractivity contribution >= 4 is 11.8 Å². The van der Waals surface area contributed by atoms with E-state index in [9.17, 15) is 18.7 Å². The van der Waals surface area contributed by atoms with Gasteiger partial charge in [0, 0.05) is 25.2 Å². The fraction of sp³-hybridized carbons (Fsp3) is 0.406. The summed E-state index contributed by atoms with van der Waals surface area (Å²) in [4.78, 5) is 14.8. The first kappa shape index (κ1) is 28.7. The highest BCUT2D eigenvalue weighted by molar-refractivity contribution is 5.89. The molecular formula is C32H38F2N2O3. The summed E-state index contributed by atoms with van der Waals surface area (Å²) in [5.41, 5.74) is 4.54. The van der Waals surface area contributed by atoms with Gasteiger partial charge in [0.1, 0.15) is 18.2 Å². The molecule has 5 nitrogen and oxygen atoms in total. The Hall–Kier alpha value is -3.29. The van der Waals surface area contributed by atoms with Crippen molar-refractivity contribution in [2.75, 3.05) is 18.0 Å². The van der Waals surface area contributed by atoms with Crippen LogP contribution in [0.3, 0.4) is 0 Å². The van der Waals surface area contributed by atoms with Crippen LogP contribution in [-0.2, 0) is 24.2 Å². The molecule has 1 unspecified atom stereocenters. The largest absolute Gasteiger partial charge is 0.444 e. The number of amides is 1. The van der Waals surface area contributed by atoms with Gasteiger partial charge < -0.3 is 15.2 Å². The number of aliphatic hydroxyl groups excluding tert-OH is 1. The highest BCUT2D eigenvalue weighted by Gasteiger charge is 2.30. The highest BCUT2D eigenvalue weighted by Crippen LogP contribution is 2.36. The van der Waals surface area contributed by atoms with Crippen molar-refractivity contribution in [3.63, 3.8) is 0 Å². The predicted octanol–water partition coefficient (Wildman–Crippen LogP) is 6.72. The van der Waals surface area contributed by atoms with E-state index in [2.05, 4.69) is 38.2 Å². The second-order valence-corrected chi connectivity index (χ2v) is 11.5. The van der Waals surface area contributed by atoms with Gasteiger partial charge in [-0.2, -0.15) is 0 Å². The molecular weight excluding hydrogens is 498 g/mol. The smallest absolute Gasteiger partial charge is 0.414 e. The number of hydrogen-bond acceptors (Lipinski definition) is 4. The van der Waals surface area contributed by atoms with Crippen LogP contribution in [-0.4, -0.2) is 30.4 Å². The molecule has 3 aromatic rings. The van der Waals surface area contributed by atoms with Crippen molar-refractivity contribution in [1.29, 1.82) is 0 Å². The van der Waals surface area contributed by atoms with E-state index in [0.29, 0.717) is 37.9 Å². The molecule has 208 valence electrons. The van der Waals surface area contributed by atoms with Gasteiger partial charge in [0.05, 0.1) is 11.8 Å². The van der Waals surface area contributed by atoms with Crippen LogP contribution in [0.4, 0.5) is 19.3 Å². The van der Waals surface area contributed by atoms with Gasteiger partial charge in [-0.25, -0.2) is 13.6 Å². The normalized spacial score (nSPS) is 16.1. The number of nitrogens with one attached hydrogen (secondary N) is 1. The number of benzene rings is 3. The number of carbonyl (C=O) groups is 1. The number of ether oxygens (including phenoxy) is 1. The number of fused-ring (bicyclic) bond motifs is 1. The molecule has 0 radical (unpaired) electrons. The van der Waals surface area contributed by atoms with Crippen molar-refractivity contribution in [1.82, 2.24) is 5.32 Å². The van der Waals surface area contributed by atoms with E-state index in [1.165, 1.54) is 17.7 Å². The first-order valence-electron chi connectivity index (χ1n) is 13.5. The van der Waals surface area contributed by atoms with Gasteiger partial charge in [0.25, 0.3) is 0 Å². The summed E-state index contributed by atoms with van der Waals surface area (Å²) in [5, 5.41) is 14.1. The molecule has 1 amide bonds. The van der Waals surface area contributed by atoms with E-state index in [1.54, 1.807) is 4.90 Å². The number of hydrogen-bond donors (Lipinski definition) is 2. The number of halogens is 2. The van der Waals surface area contributed by atoms with E-state index in [1.807, 2.05) is 36.4 Å². The molecule has 2 N–H and O–H groups in total. The molecule has 39 heavy (non-hydrogen) atoms. The number of carbonyl (C=O) groups excluding carboxylic acids is 1. The lowest BCUT2D eigenvalue weighted by atomic mass is 9.86. The Morgan fingerprint density at radius 3 is 2.44 bits per heavy atom. The van der Waals surface area contributed by atoms with Crippen molar-refractivity contribution in [2.24, 2.45) is 5.41 Å². The summed E-state index contributed by atoms with van der Waals surface area (Å²) in [6.07, 6.45) is 1.22. The highest BCUT2D eigenvalue weighted by atomic mass is 19.1. The molecule has 0 aliphatic carbocycles. The number of anilines is 1. The number of rotatable bonds is 9. The summed E-state index contributed by atoms with van der Waals surface area (Å²) < 4.78 is 32.6. The molecule has 0 saturated heterocycles. The zero-order valence-electron chi connectivity index (χ0n) is 22.9. The Bertz CT molecular complexity index is 1240. The number of aryl methyl sites for hydroxylation is 1. The predicted molar refractivity (Wildman–Crippen MR) is 150 cm³/mol. The fourth-order valence-corrected chi connectivity index (χ4v) is 5.05. The molecule has 3 aromatic carbocycles. The summed E-state index contributed by atoms with van der Waals surface area (Å²) in [6.45, 7) is 7.58. The average Bonchev–Trinajstić information content (AvgIpc) is 2.88. The minimum absolute atomic E-state index is 0.0562. The number of nitrogens with zero attached hydrogens (tertiary/aromatic N) is 1.